The molecule has 0 bridgehead atoms. The molecule has 0 atom stereocenters. The Morgan fingerprint density at radius 1 is 0.963 bits per heavy atom. The molecule has 0 spiro atoms. The Balaban J connectivity index is -0.000000303. The molecular weight excluding hydrogens is 424 g/mol. The normalized spacial score (nSPS) is 9.93. The molecule has 0 fully saturated rings. The molecule has 2 rings (SSSR count). The summed E-state index contributed by atoms with van der Waals surface area (Å²) in [5.74, 6) is 0. The van der Waals surface area contributed by atoms with Crippen molar-refractivity contribution in [3.05, 3.63) is 85.0 Å². The van der Waals surface area contributed by atoms with Gasteiger partial charge in [-0.05, 0) is 26.1 Å². The average Bonchev–Trinajstić information content (AvgIpc) is 3.29. The Morgan fingerprint density at radius 2 is 1.37 bits per heavy atom. The van der Waals surface area contributed by atoms with E-state index in [1.54, 1.807) is 0 Å². The molecule has 0 saturated heterocycles. The van der Waals surface area contributed by atoms with E-state index >= 15 is 0 Å². The number of rotatable bonds is 6. The van der Waals surface area contributed by atoms with Gasteiger partial charge in [0.2, 0.25) is 0 Å². The van der Waals surface area contributed by atoms with Gasteiger partial charge in [-0.3, -0.25) is 5.57 Å². The maximum atomic E-state index is 8.66. The van der Waals surface area contributed by atoms with Crippen LogP contribution in [0.1, 0.15) is 46.0 Å². The third-order valence-corrected chi connectivity index (χ3v) is 2.68. The summed E-state index contributed by atoms with van der Waals surface area (Å²) in [6.45, 7) is 13.8. The zero-order valence-electron chi connectivity index (χ0n) is 18.0. The summed E-state index contributed by atoms with van der Waals surface area (Å²) in [6.07, 6.45) is 11.1. The van der Waals surface area contributed by atoms with Crippen molar-refractivity contribution >= 4 is 8.32 Å². The first kappa shape index (κ1) is 31.0. The first-order valence-electron chi connectivity index (χ1n) is 9.60. The summed E-state index contributed by atoms with van der Waals surface area (Å²) >= 11 is 0. The quantitative estimate of drug-likeness (QED) is 0.267. The van der Waals surface area contributed by atoms with Gasteiger partial charge < -0.3 is 10.9 Å². The first-order valence-corrected chi connectivity index (χ1v) is 13.0. The van der Waals surface area contributed by atoms with Crippen LogP contribution >= 0.6 is 0 Å². The van der Waals surface area contributed by atoms with Crippen molar-refractivity contribution in [2.45, 2.75) is 65.6 Å². The molecule has 0 saturated carbocycles. The maximum absolute atomic E-state index is 8.66. The molecule has 2 aromatic carbocycles. The first-order chi connectivity index (χ1) is 12.3. The van der Waals surface area contributed by atoms with Gasteiger partial charge in [-0.1, -0.05) is 39.2 Å². The topological polar surface area (TPSA) is 20.2 Å². The van der Waals surface area contributed by atoms with Crippen LogP contribution < -0.4 is 0 Å². The molecule has 0 aliphatic rings. The Kier molecular flexibility index (Phi) is 26.7. The van der Waals surface area contributed by atoms with Gasteiger partial charge in [-0.15, -0.1) is 6.58 Å². The molecule has 3 heteroatoms. The zero-order chi connectivity index (χ0) is 20.1. The van der Waals surface area contributed by atoms with Crippen molar-refractivity contribution in [3.8, 4) is 0 Å². The van der Waals surface area contributed by atoms with Crippen LogP contribution in [0.2, 0.25) is 19.6 Å². The number of unbranched alkanes of at least 4 members (excludes halogenated alkanes) is 1. The van der Waals surface area contributed by atoms with E-state index < -0.39 is 8.32 Å². The molecule has 0 unspecified atom stereocenters. The fraction of sp³-hybridized carbons (Fsp3) is 0.417. The summed E-state index contributed by atoms with van der Waals surface area (Å²) in [5.41, 5.74) is 1.43. The predicted octanol–water partition coefficient (Wildman–Crippen LogP) is 7.51. The second-order valence-electron chi connectivity index (χ2n) is 6.87. The molecule has 0 aliphatic heterocycles. The molecule has 1 nitrogen and oxygen atoms in total. The molecule has 0 heterocycles. The second-order valence-corrected chi connectivity index (χ2v) is 11.2. The third-order valence-electron chi connectivity index (χ3n) is 2.68. The van der Waals surface area contributed by atoms with Crippen molar-refractivity contribution in [1.29, 1.82) is 0 Å². The van der Waals surface area contributed by atoms with Gasteiger partial charge in [0.15, 0.2) is 8.32 Å². The monoisotopic (exact) mass is 461 g/mol. The van der Waals surface area contributed by atoms with E-state index in [0.29, 0.717) is 0 Å². The summed E-state index contributed by atoms with van der Waals surface area (Å²) in [6, 6.07) is 20.0. The summed E-state index contributed by atoms with van der Waals surface area (Å²) in [5, 5.41) is 0. The number of hydrogen-bond donors (Lipinski definition) is 1. The van der Waals surface area contributed by atoms with Crippen molar-refractivity contribution in [2.75, 3.05) is 0 Å². The van der Waals surface area contributed by atoms with Crippen LogP contribution in [0, 0.1) is 6.08 Å². The molecule has 149 valence electrons. The van der Waals surface area contributed by atoms with Gasteiger partial charge in [0.05, 0.1) is 0 Å². The minimum Gasteiger partial charge on any atom is -0.497 e. The van der Waals surface area contributed by atoms with E-state index in [1.165, 1.54) is 24.8 Å². The van der Waals surface area contributed by atoms with Gasteiger partial charge in [-0.25, -0.2) is 24.3 Å². The molecule has 1 radical (unpaired) electrons. The van der Waals surface area contributed by atoms with E-state index in [1.807, 2.05) is 86.4 Å². The van der Waals surface area contributed by atoms with Crippen LogP contribution in [0.3, 0.4) is 0 Å². The molecule has 1 N–H and O–H groups in total. The molecule has 2 aromatic rings. The van der Waals surface area contributed by atoms with E-state index in [2.05, 4.69) is 26.5 Å². The minimum absolute atomic E-state index is 0. The Labute approximate surface area is 189 Å². The summed E-state index contributed by atoms with van der Waals surface area (Å²) in [7, 11) is -1.61. The molecule has 27 heavy (non-hydrogen) atoms. The van der Waals surface area contributed by atoms with Crippen molar-refractivity contribution in [3.63, 3.8) is 0 Å². The van der Waals surface area contributed by atoms with Crippen LogP contribution in [0.25, 0.3) is 0 Å². The average molecular weight is 463 g/mol. The van der Waals surface area contributed by atoms with Gasteiger partial charge in [-0.2, -0.15) is 42.8 Å². The van der Waals surface area contributed by atoms with E-state index in [0.717, 1.165) is 12.8 Å². The van der Waals surface area contributed by atoms with Gasteiger partial charge in [0, 0.05) is 0 Å². The number of hydrogen-bond acceptors (Lipinski definition) is 1. The smallest absolute Gasteiger partial charge is 0.497 e. The zero-order valence-corrected chi connectivity index (χ0v) is 21.5. The molecular formula is C24H39OSiZr. The largest absolute Gasteiger partial charge is 3.00 e. The van der Waals surface area contributed by atoms with Gasteiger partial charge >= 0.3 is 26.2 Å². The van der Waals surface area contributed by atoms with Crippen LogP contribution in [0.5, 0.6) is 0 Å². The van der Waals surface area contributed by atoms with Gasteiger partial charge in [0.25, 0.3) is 0 Å². The van der Waals surface area contributed by atoms with Crippen molar-refractivity contribution in [1.82, 2.24) is 0 Å². The van der Waals surface area contributed by atoms with Crippen molar-refractivity contribution in [2.24, 2.45) is 0 Å². The number of allylic oxidation sites excluding steroid dienone is 3. The Bertz CT molecular complexity index is 426. The summed E-state index contributed by atoms with van der Waals surface area (Å²) in [4.78, 5) is 8.66. The third kappa shape index (κ3) is 36.8. The second kappa shape index (κ2) is 23.3. The van der Waals surface area contributed by atoms with Crippen molar-refractivity contribution < 1.29 is 31.0 Å². The fourth-order valence-electron chi connectivity index (χ4n) is 1.68. The van der Waals surface area contributed by atoms with Crippen LogP contribution in [-0.4, -0.2) is 13.1 Å². The van der Waals surface area contributed by atoms with E-state index in [4.69, 9.17) is 4.80 Å². The predicted molar refractivity (Wildman–Crippen MR) is 121 cm³/mol. The van der Waals surface area contributed by atoms with E-state index in [9.17, 15) is 0 Å². The SMILES string of the molecule is C=CCC(=[C-]CCC)CCC.C[Si](C)(C)O.[Zr+3].c1cc[cH-]c1.c1cc[cH-]c1. The summed E-state index contributed by atoms with van der Waals surface area (Å²) < 4.78 is 0. The van der Waals surface area contributed by atoms with E-state index in [-0.39, 0.29) is 26.2 Å². The van der Waals surface area contributed by atoms with Crippen LogP contribution in [0.15, 0.2) is 78.9 Å². The molecule has 0 aliphatic carbocycles. The molecule has 0 aromatic heterocycles. The fourth-order valence-corrected chi connectivity index (χ4v) is 1.68. The van der Waals surface area contributed by atoms with Crippen LogP contribution in [0.4, 0.5) is 0 Å². The Morgan fingerprint density at radius 3 is 1.59 bits per heavy atom. The maximum Gasteiger partial charge on any atom is 3.00 e. The Hall–Kier alpha value is -0.760. The molecule has 0 amide bonds. The van der Waals surface area contributed by atoms with Gasteiger partial charge in [0.1, 0.15) is 0 Å². The standard InChI is InChI=1S/C11H19.2C5H5.C3H10OSi.Zr/c1-4-7-10-11(8-5-2)9-6-3;2*1-2-4-5-3-1;1-5(2,3)4;/h5H,2,4,6-9H2,1,3H3;2*1-5H;4H,1-3H3;/q3*-1;;+3. The minimum atomic E-state index is -1.61. The van der Waals surface area contributed by atoms with Crippen LogP contribution in [-0.2, 0) is 26.2 Å².